The number of methoxy groups -OCH3 is 1. The summed E-state index contributed by atoms with van der Waals surface area (Å²) in [5.74, 6) is -1.34. The Morgan fingerprint density at radius 2 is 2.09 bits per heavy atom. The van der Waals surface area contributed by atoms with E-state index in [2.05, 4.69) is 13.8 Å². The zero-order valence-corrected chi connectivity index (χ0v) is 13.5. The van der Waals surface area contributed by atoms with Crippen LogP contribution in [0.25, 0.3) is 0 Å². The molecule has 0 aromatic carbocycles. The van der Waals surface area contributed by atoms with Crippen molar-refractivity contribution in [2.45, 2.75) is 45.3 Å². The molecule has 6 nitrogen and oxygen atoms in total. The topological polar surface area (TPSA) is 80.0 Å². The molecule has 0 aliphatic heterocycles. The Balaban J connectivity index is 2.18. The number of carbonyl (C=O) groups excluding carboxylic acids is 1. The van der Waals surface area contributed by atoms with Crippen LogP contribution in [0.4, 0.5) is 0 Å². The summed E-state index contributed by atoms with van der Waals surface area (Å²) in [7, 11) is 3.44. The molecule has 0 spiro atoms. The number of nitrogens with zero attached hydrogens (tertiary/aromatic N) is 1. The third kappa shape index (κ3) is 2.41. The maximum absolute atomic E-state index is 12.5. The molecule has 1 aliphatic rings. The maximum Gasteiger partial charge on any atom is 0.338 e. The molecule has 1 aliphatic carbocycles. The van der Waals surface area contributed by atoms with Gasteiger partial charge in [0, 0.05) is 31.7 Å². The van der Waals surface area contributed by atoms with Crippen LogP contribution in [0, 0.1) is 5.41 Å². The molecule has 1 aromatic heterocycles. The normalized spacial score (nSPS) is 22.9. The van der Waals surface area contributed by atoms with E-state index in [-0.39, 0.29) is 34.8 Å². The molecule has 1 saturated carbocycles. The lowest BCUT2D eigenvalue weighted by Gasteiger charge is -2.57. The van der Waals surface area contributed by atoms with Gasteiger partial charge in [0.25, 0.3) is 5.91 Å². The van der Waals surface area contributed by atoms with E-state index in [1.807, 2.05) is 0 Å². The van der Waals surface area contributed by atoms with Crippen LogP contribution in [0.15, 0.2) is 16.7 Å². The average molecular weight is 309 g/mol. The van der Waals surface area contributed by atoms with Crippen molar-refractivity contribution in [3.63, 3.8) is 0 Å². The molecule has 1 N–H and O–H groups in total. The Labute approximate surface area is 130 Å². The van der Waals surface area contributed by atoms with Crippen molar-refractivity contribution in [2.75, 3.05) is 14.2 Å². The fourth-order valence-electron chi connectivity index (χ4n) is 3.65. The van der Waals surface area contributed by atoms with Crippen molar-refractivity contribution < 1.29 is 23.8 Å². The second-order valence-corrected chi connectivity index (χ2v) is 5.84. The van der Waals surface area contributed by atoms with Crippen LogP contribution in [-0.2, 0) is 4.74 Å². The van der Waals surface area contributed by atoms with Gasteiger partial charge >= 0.3 is 5.97 Å². The van der Waals surface area contributed by atoms with Crippen LogP contribution in [0.3, 0.4) is 0 Å². The van der Waals surface area contributed by atoms with Crippen LogP contribution in [0.5, 0.6) is 0 Å². The molecule has 1 fully saturated rings. The van der Waals surface area contributed by atoms with E-state index in [1.165, 1.54) is 6.07 Å². The molecule has 1 amide bonds. The minimum Gasteiger partial charge on any atom is -0.478 e. The Bertz CT molecular complexity index is 561. The van der Waals surface area contributed by atoms with Gasteiger partial charge in [-0.1, -0.05) is 13.8 Å². The molecule has 0 unspecified atom stereocenters. The maximum atomic E-state index is 12.5. The number of aromatic carboxylic acids is 1. The number of amides is 1. The van der Waals surface area contributed by atoms with Crippen molar-refractivity contribution in [3.05, 3.63) is 23.7 Å². The minimum atomic E-state index is -1.11. The largest absolute Gasteiger partial charge is 0.478 e. The molecule has 0 radical (unpaired) electrons. The summed E-state index contributed by atoms with van der Waals surface area (Å²) in [6, 6.07) is 1.34. The number of rotatable bonds is 6. The number of carbonyl (C=O) groups is 2. The third-order valence-corrected chi connectivity index (χ3v) is 5.19. The predicted molar refractivity (Wildman–Crippen MR) is 80.0 cm³/mol. The second kappa shape index (κ2) is 6.12. The van der Waals surface area contributed by atoms with Gasteiger partial charge < -0.3 is 19.2 Å². The van der Waals surface area contributed by atoms with Crippen molar-refractivity contribution in [2.24, 2.45) is 5.41 Å². The minimum absolute atomic E-state index is 0.0163. The molecular weight excluding hydrogens is 286 g/mol. The lowest BCUT2D eigenvalue weighted by molar-refractivity contribution is -0.147. The zero-order chi connectivity index (χ0) is 16.5. The smallest absolute Gasteiger partial charge is 0.338 e. The van der Waals surface area contributed by atoms with Crippen molar-refractivity contribution in [3.8, 4) is 0 Å². The molecule has 122 valence electrons. The summed E-state index contributed by atoms with van der Waals surface area (Å²) in [4.78, 5) is 25.1. The SMILES string of the molecule is CCC1(CC)[C@H](OC)C[C@H]1N(C)C(=O)c1cc(C(=O)O)co1. The van der Waals surface area contributed by atoms with Gasteiger partial charge in [-0.15, -0.1) is 0 Å². The number of furan rings is 1. The van der Waals surface area contributed by atoms with Gasteiger partial charge in [0.1, 0.15) is 6.26 Å². The van der Waals surface area contributed by atoms with Gasteiger partial charge in [0.05, 0.1) is 11.7 Å². The second-order valence-electron chi connectivity index (χ2n) is 5.84. The van der Waals surface area contributed by atoms with Gasteiger partial charge in [0.15, 0.2) is 5.76 Å². The van der Waals surface area contributed by atoms with Crippen LogP contribution in [0.2, 0.25) is 0 Å². The lowest BCUT2D eigenvalue weighted by Crippen LogP contribution is -2.64. The Morgan fingerprint density at radius 1 is 1.45 bits per heavy atom. The lowest BCUT2D eigenvalue weighted by atomic mass is 9.58. The highest BCUT2D eigenvalue weighted by atomic mass is 16.5. The monoisotopic (exact) mass is 309 g/mol. The fraction of sp³-hybridized carbons (Fsp3) is 0.625. The quantitative estimate of drug-likeness (QED) is 0.873. The standard InChI is InChI=1S/C16H23NO5/c1-5-16(6-2)12(8-13(16)21-4)17(3)14(18)11-7-10(9-22-11)15(19)20/h7,9,12-13H,5-6,8H2,1-4H3,(H,19,20)/t12-,13-/m1/s1. The highest BCUT2D eigenvalue weighted by molar-refractivity contribution is 5.95. The van der Waals surface area contributed by atoms with Crippen molar-refractivity contribution in [1.29, 1.82) is 0 Å². The highest BCUT2D eigenvalue weighted by Gasteiger charge is 2.55. The van der Waals surface area contributed by atoms with E-state index in [4.69, 9.17) is 14.3 Å². The molecule has 0 saturated heterocycles. The van der Waals surface area contributed by atoms with Crippen LogP contribution < -0.4 is 0 Å². The predicted octanol–water partition coefficient (Wildman–Crippen LogP) is 2.64. The van der Waals surface area contributed by atoms with E-state index in [0.29, 0.717) is 0 Å². The molecule has 6 heteroatoms. The van der Waals surface area contributed by atoms with Gasteiger partial charge in [-0.05, 0) is 19.3 Å². The summed E-state index contributed by atoms with van der Waals surface area (Å²) in [6.07, 6.45) is 3.86. The fourth-order valence-corrected chi connectivity index (χ4v) is 3.65. The van der Waals surface area contributed by atoms with E-state index < -0.39 is 5.97 Å². The third-order valence-electron chi connectivity index (χ3n) is 5.19. The molecule has 1 aromatic rings. The molecule has 2 rings (SSSR count). The molecule has 2 atom stereocenters. The highest BCUT2D eigenvalue weighted by Crippen LogP contribution is 2.51. The van der Waals surface area contributed by atoms with Crippen molar-refractivity contribution >= 4 is 11.9 Å². The van der Waals surface area contributed by atoms with Crippen LogP contribution in [0.1, 0.15) is 54.0 Å². The molecule has 1 heterocycles. The van der Waals surface area contributed by atoms with E-state index in [1.54, 1.807) is 19.1 Å². The number of carboxylic acids is 1. The first kappa shape index (κ1) is 16.5. The first-order valence-electron chi connectivity index (χ1n) is 7.53. The molecule has 0 bridgehead atoms. The van der Waals surface area contributed by atoms with Crippen molar-refractivity contribution in [1.82, 2.24) is 4.90 Å². The van der Waals surface area contributed by atoms with E-state index in [0.717, 1.165) is 25.5 Å². The Kier molecular flexibility index (Phi) is 4.60. The number of ether oxygens (including phenoxy) is 1. The summed E-state index contributed by atoms with van der Waals surface area (Å²) in [5.41, 5.74) is -0.0705. The van der Waals surface area contributed by atoms with Crippen LogP contribution in [-0.4, -0.2) is 48.2 Å². The zero-order valence-electron chi connectivity index (χ0n) is 13.5. The first-order chi connectivity index (χ1) is 10.4. The van der Waals surface area contributed by atoms with E-state index in [9.17, 15) is 9.59 Å². The average Bonchev–Trinajstić information content (AvgIpc) is 2.97. The number of carboxylic acid groups (broad SMARTS) is 1. The summed E-state index contributed by atoms with van der Waals surface area (Å²) < 4.78 is 10.7. The summed E-state index contributed by atoms with van der Waals surface area (Å²) in [5, 5.41) is 8.91. The van der Waals surface area contributed by atoms with E-state index >= 15 is 0 Å². The summed E-state index contributed by atoms with van der Waals surface area (Å²) in [6.45, 7) is 4.21. The molecule has 22 heavy (non-hydrogen) atoms. The van der Waals surface area contributed by atoms with Gasteiger partial charge in [0.2, 0.25) is 0 Å². The summed E-state index contributed by atoms with van der Waals surface area (Å²) >= 11 is 0. The Hall–Kier alpha value is -1.82. The number of hydrogen-bond acceptors (Lipinski definition) is 4. The first-order valence-corrected chi connectivity index (χ1v) is 7.53. The number of hydrogen-bond donors (Lipinski definition) is 1. The van der Waals surface area contributed by atoms with Gasteiger partial charge in [-0.2, -0.15) is 0 Å². The Morgan fingerprint density at radius 3 is 2.55 bits per heavy atom. The van der Waals surface area contributed by atoms with Gasteiger partial charge in [-0.25, -0.2) is 4.79 Å². The molecular formula is C16H23NO5. The van der Waals surface area contributed by atoms with Gasteiger partial charge in [-0.3, -0.25) is 4.79 Å². The van der Waals surface area contributed by atoms with Crippen LogP contribution >= 0.6 is 0 Å².